The van der Waals surface area contributed by atoms with Crippen LogP contribution in [0.5, 0.6) is 5.75 Å². The van der Waals surface area contributed by atoms with E-state index >= 15 is 0 Å². The molecule has 2 aromatic rings. The number of methoxy groups -OCH3 is 1. The monoisotopic (exact) mass is 336 g/mol. The molecule has 1 heterocycles. The Bertz CT molecular complexity index is 788. The molecule has 1 aliphatic carbocycles. The maximum absolute atomic E-state index is 14.4. The van der Waals surface area contributed by atoms with Crippen molar-refractivity contribution in [2.75, 3.05) is 7.11 Å². The normalized spacial score (nSPS) is 20.3. The number of aromatic nitrogens is 2. The molecule has 2 atom stereocenters. The molecule has 0 saturated heterocycles. The summed E-state index contributed by atoms with van der Waals surface area (Å²) in [6, 6.07) is 4.77. The average molecular weight is 336 g/mol. The Morgan fingerprint density at radius 2 is 2.12 bits per heavy atom. The molecule has 0 bridgehead atoms. The van der Waals surface area contributed by atoms with Gasteiger partial charge >= 0.3 is 0 Å². The molecule has 1 aromatic heterocycles. The molecule has 4 nitrogen and oxygen atoms in total. The van der Waals surface area contributed by atoms with Crippen molar-refractivity contribution in [1.29, 1.82) is 0 Å². The molecule has 0 radical (unpaired) electrons. The lowest BCUT2D eigenvalue weighted by atomic mass is 10.0. The van der Waals surface area contributed by atoms with E-state index in [1.807, 2.05) is 0 Å². The first kappa shape index (κ1) is 16.9. The van der Waals surface area contributed by atoms with Gasteiger partial charge in [-0.3, -0.25) is 4.79 Å². The zero-order valence-electron chi connectivity index (χ0n) is 13.9. The summed E-state index contributed by atoms with van der Waals surface area (Å²) in [5.74, 6) is -1.23. The SMILES string of the molecule is COc1ccc2nc(C(F)(F)CCCC[C@@H]3C[C@@H]3C)c(=O)[nH]c2c1. The number of alkyl halides is 2. The van der Waals surface area contributed by atoms with E-state index in [2.05, 4.69) is 16.9 Å². The van der Waals surface area contributed by atoms with Gasteiger partial charge in [-0.1, -0.05) is 19.8 Å². The van der Waals surface area contributed by atoms with Gasteiger partial charge in [-0.05, 0) is 36.8 Å². The molecule has 24 heavy (non-hydrogen) atoms. The third-order valence-corrected chi connectivity index (χ3v) is 4.84. The van der Waals surface area contributed by atoms with E-state index in [1.165, 1.54) is 13.5 Å². The Balaban J connectivity index is 1.73. The Morgan fingerprint density at radius 1 is 1.38 bits per heavy atom. The molecule has 0 amide bonds. The van der Waals surface area contributed by atoms with Gasteiger partial charge in [0.25, 0.3) is 11.5 Å². The number of fused-ring (bicyclic) bond motifs is 1. The highest BCUT2D eigenvalue weighted by molar-refractivity contribution is 5.75. The number of unbranched alkanes of at least 4 members (excludes halogenated alkanes) is 1. The topological polar surface area (TPSA) is 55.0 Å². The number of aromatic amines is 1. The minimum atomic E-state index is -3.21. The first-order valence-corrected chi connectivity index (χ1v) is 8.37. The summed E-state index contributed by atoms with van der Waals surface area (Å²) >= 11 is 0. The third kappa shape index (κ3) is 3.57. The summed E-state index contributed by atoms with van der Waals surface area (Å²) in [6.45, 7) is 2.19. The van der Waals surface area contributed by atoms with Gasteiger partial charge in [0.2, 0.25) is 0 Å². The second-order valence-corrected chi connectivity index (χ2v) is 6.72. The van der Waals surface area contributed by atoms with Gasteiger partial charge in [0.1, 0.15) is 5.75 Å². The van der Waals surface area contributed by atoms with Gasteiger partial charge in [-0.15, -0.1) is 0 Å². The van der Waals surface area contributed by atoms with Crippen LogP contribution in [0.15, 0.2) is 23.0 Å². The first-order chi connectivity index (χ1) is 11.4. The molecule has 3 rings (SSSR count). The standard InChI is InChI=1S/C18H22F2N2O2/c1-11-9-12(11)5-3-4-8-18(19,20)16-17(23)22-15-10-13(24-2)6-7-14(15)21-16/h6-7,10-12H,3-5,8-9H2,1-2H3,(H,22,23)/t11-,12+/m0/s1. The van der Waals surface area contributed by atoms with Crippen LogP contribution in [0.2, 0.25) is 0 Å². The van der Waals surface area contributed by atoms with Crippen molar-refractivity contribution in [1.82, 2.24) is 9.97 Å². The Kier molecular flexibility index (Phi) is 4.56. The largest absolute Gasteiger partial charge is 0.497 e. The predicted octanol–water partition coefficient (Wildman–Crippen LogP) is 4.24. The van der Waals surface area contributed by atoms with Crippen LogP contribution < -0.4 is 10.3 Å². The van der Waals surface area contributed by atoms with E-state index < -0.39 is 17.2 Å². The molecule has 130 valence electrons. The van der Waals surface area contributed by atoms with E-state index in [0.29, 0.717) is 29.1 Å². The van der Waals surface area contributed by atoms with Gasteiger partial charge in [0.05, 0.1) is 18.1 Å². The van der Waals surface area contributed by atoms with Crippen molar-refractivity contribution in [3.05, 3.63) is 34.2 Å². The van der Waals surface area contributed by atoms with E-state index in [1.54, 1.807) is 18.2 Å². The van der Waals surface area contributed by atoms with Crippen molar-refractivity contribution in [2.45, 2.75) is 45.0 Å². The Labute approximate surface area is 139 Å². The second kappa shape index (κ2) is 6.49. The molecule has 0 aliphatic heterocycles. The van der Waals surface area contributed by atoms with Gasteiger partial charge in [0, 0.05) is 12.5 Å². The van der Waals surface area contributed by atoms with Gasteiger partial charge in [0.15, 0.2) is 5.69 Å². The quantitative estimate of drug-likeness (QED) is 0.770. The van der Waals surface area contributed by atoms with Gasteiger partial charge < -0.3 is 9.72 Å². The number of nitrogens with one attached hydrogen (secondary N) is 1. The molecular weight excluding hydrogens is 314 g/mol. The fourth-order valence-corrected chi connectivity index (χ4v) is 3.11. The number of hydrogen-bond acceptors (Lipinski definition) is 3. The lowest BCUT2D eigenvalue weighted by molar-refractivity contribution is -0.0214. The number of nitrogens with zero attached hydrogens (tertiary/aromatic N) is 1. The minimum Gasteiger partial charge on any atom is -0.497 e. The molecule has 0 spiro atoms. The van der Waals surface area contributed by atoms with Crippen LogP contribution >= 0.6 is 0 Å². The number of H-pyrrole nitrogens is 1. The summed E-state index contributed by atoms with van der Waals surface area (Å²) in [6.07, 6.45) is 3.04. The Morgan fingerprint density at radius 3 is 2.79 bits per heavy atom. The third-order valence-electron chi connectivity index (χ3n) is 4.84. The average Bonchev–Trinajstić information content (AvgIpc) is 3.25. The number of hydrogen-bond donors (Lipinski definition) is 1. The summed E-state index contributed by atoms with van der Waals surface area (Å²) < 4.78 is 33.9. The molecule has 6 heteroatoms. The van der Waals surface area contributed by atoms with Crippen molar-refractivity contribution < 1.29 is 13.5 Å². The van der Waals surface area contributed by atoms with Crippen molar-refractivity contribution in [3.8, 4) is 5.75 Å². The van der Waals surface area contributed by atoms with E-state index in [-0.39, 0.29) is 6.42 Å². The highest BCUT2D eigenvalue weighted by atomic mass is 19.3. The van der Waals surface area contributed by atoms with Gasteiger partial charge in [-0.2, -0.15) is 8.78 Å². The number of benzene rings is 1. The number of halogens is 2. The summed E-state index contributed by atoms with van der Waals surface area (Å²) in [7, 11) is 1.50. The smallest absolute Gasteiger partial charge is 0.295 e. The van der Waals surface area contributed by atoms with Crippen LogP contribution in [-0.4, -0.2) is 17.1 Å². The molecule has 1 aromatic carbocycles. The van der Waals surface area contributed by atoms with E-state index in [4.69, 9.17) is 4.74 Å². The van der Waals surface area contributed by atoms with Crippen LogP contribution in [0.1, 0.15) is 44.7 Å². The van der Waals surface area contributed by atoms with E-state index in [0.717, 1.165) is 18.8 Å². The van der Waals surface area contributed by atoms with Gasteiger partial charge in [-0.25, -0.2) is 4.98 Å². The lowest BCUT2D eigenvalue weighted by Gasteiger charge is -2.15. The summed E-state index contributed by atoms with van der Waals surface area (Å²) in [4.78, 5) is 18.4. The van der Waals surface area contributed by atoms with Crippen LogP contribution in [0.4, 0.5) is 8.78 Å². The predicted molar refractivity (Wildman–Crippen MR) is 88.5 cm³/mol. The molecule has 1 aliphatic rings. The van der Waals surface area contributed by atoms with Crippen LogP contribution in [0.25, 0.3) is 11.0 Å². The minimum absolute atomic E-state index is 0.330. The number of ether oxygens (including phenoxy) is 1. The van der Waals surface area contributed by atoms with E-state index in [9.17, 15) is 13.6 Å². The molecule has 1 N–H and O–H groups in total. The molecular formula is C18H22F2N2O2. The maximum atomic E-state index is 14.4. The van der Waals surface area contributed by atoms with Crippen molar-refractivity contribution in [3.63, 3.8) is 0 Å². The highest BCUT2D eigenvalue weighted by Crippen LogP contribution is 2.42. The molecule has 1 fully saturated rings. The lowest BCUT2D eigenvalue weighted by Crippen LogP contribution is -2.27. The Hall–Kier alpha value is -1.98. The van der Waals surface area contributed by atoms with Crippen LogP contribution in [0.3, 0.4) is 0 Å². The first-order valence-electron chi connectivity index (χ1n) is 8.37. The zero-order valence-corrected chi connectivity index (χ0v) is 13.9. The summed E-state index contributed by atoms with van der Waals surface area (Å²) in [5.41, 5.74) is -0.810. The van der Waals surface area contributed by atoms with Crippen LogP contribution in [-0.2, 0) is 5.92 Å². The molecule has 0 unspecified atom stereocenters. The second-order valence-electron chi connectivity index (χ2n) is 6.72. The van der Waals surface area contributed by atoms with Crippen LogP contribution in [0, 0.1) is 11.8 Å². The van der Waals surface area contributed by atoms with Crippen molar-refractivity contribution >= 4 is 11.0 Å². The maximum Gasteiger partial charge on any atom is 0.295 e. The number of rotatable bonds is 7. The van der Waals surface area contributed by atoms with Crippen molar-refractivity contribution in [2.24, 2.45) is 11.8 Å². The molecule has 1 saturated carbocycles. The summed E-state index contributed by atoms with van der Waals surface area (Å²) in [5, 5.41) is 0. The zero-order chi connectivity index (χ0) is 17.3. The fourth-order valence-electron chi connectivity index (χ4n) is 3.11. The highest BCUT2D eigenvalue weighted by Gasteiger charge is 2.37. The fraction of sp³-hybridized carbons (Fsp3) is 0.556.